The average molecular weight is 688 g/mol. The third-order valence-corrected chi connectivity index (χ3v) is 12.7. The highest BCUT2D eigenvalue weighted by molar-refractivity contribution is 6.10. The lowest BCUT2D eigenvalue weighted by atomic mass is 9.54. The van der Waals surface area contributed by atoms with Gasteiger partial charge in [-0.1, -0.05) is 116 Å². The molecule has 53 heavy (non-hydrogen) atoms. The quantitative estimate of drug-likeness (QED) is 0.185. The van der Waals surface area contributed by atoms with Crippen LogP contribution in [0.25, 0.3) is 33.1 Å². The van der Waals surface area contributed by atoms with Crippen LogP contribution in [0.1, 0.15) is 68.6 Å². The second-order valence-corrected chi connectivity index (χ2v) is 15.6. The molecule has 2 aliphatic heterocycles. The number of fused-ring (bicyclic) bond motifs is 8. The molecule has 0 amide bonds. The van der Waals surface area contributed by atoms with Crippen molar-refractivity contribution >= 4 is 27.4 Å². The zero-order chi connectivity index (χ0) is 35.1. The van der Waals surface area contributed by atoms with E-state index in [0.717, 1.165) is 62.2 Å². The summed E-state index contributed by atoms with van der Waals surface area (Å²) in [5, 5.41) is 2.51. The second kappa shape index (κ2) is 11.6. The maximum absolute atomic E-state index is 7.20. The largest absolute Gasteiger partial charge is 0.466 e. The molecule has 0 saturated heterocycles. The molecule has 5 aliphatic rings. The predicted octanol–water partition coefficient (Wildman–Crippen LogP) is 12.6. The first-order valence-corrected chi connectivity index (χ1v) is 19.3. The summed E-state index contributed by atoms with van der Waals surface area (Å²) in [5.41, 5.74) is 12.3. The van der Waals surface area contributed by atoms with Gasteiger partial charge in [0.2, 0.25) is 0 Å². The summed E-state index contributed by atoms with van der Waals surface area (Å²) < 4.78 is 16.6. The lowest BCUT2D eigenvalue weighted by Crippen LogP contribution is -2.45. The highest BCUT2D eigenvalue weighted by atomic mass is 16.5. The van der Waals surface area contributed by atoms with Crippen molar-refractivity contribution in [3.8, 4) is 11.4 Å². The Hall–Kier alpha value is -5.80. The van der Waals surface area contributed by atoms with E-state index in [9.17, 15) is 0 Å². The van der Waals surface area contributed by atoms with Gasteiger partial charge in [-0.25, -0.2) is 0 Å². The van der Waals surface area contributed by atoms with E-state index < -0.39 is 5.41 Å². The van der Waals surface area contributed by atoms with Gasteiger partial charge in [-0.3, -0.25) is 0 Å². The number of allylic oxidation sites excluding steroid dienone is 9. The number of ether oxygens (including phenoxy) is 2. The van der Waals surface area contributed by atoms with Crippen LogP contribution < -0.4 is 4.74 Å². The molecule has 1 spiro atoms. The van der Waals surface area contributed by atoms with Crippen molar-refractivity contribution < 1.29 is 9.47 Å². The highest BCUT2D eigenvalue weighted by Crippen LogP contribution is 2.64. The fraction of sp³-hybridized carbons (Fsp3) is 0.200. The molecule has 1 aromatic heterocycles. The van der Waals surface area contributed by atoms with Crippen LogP contribution in [0.2, 0.25) is 0 Å². The summed E-state index contributed by atoms with van der Waals surface area (Å²) >= 11 is 0. The first-order chi connectivity index (χ1) is 26.1. The summed E-state index contributed by atoms with van der Waals surface area (Å²) in [6, 6.07) is 46.5. The summed E-state index contributed by atoms with van der Waals surface area (Å²) in [4.78, 5) is 0. The predicted molar refractivity (Wildman–Crippen MR) is 215 cm³/mol. The third kappa shape index (κ3) is 4.40. The van der Waals surface area contributed by atoms with Crippen LogP contribution in [0.5, 0.6) is 5.75 Å². The van der Waals surface area contributed by atoms with E-state index >= 15 is 0 Å². The summed E-state index contributed by atoms with van der Waals surface area (Å²) in [6.07, 6.45) is 13.9. The number of benzene rings is 5. The molecule has 11 rings (SSSR count). The second-order valence-electron chi connectivity index (χ2n) is 15.6. The topological polar surface area (TPSA) is 23.4 Å². The van der Waals surface area contributed by atoms with Gasteiger partial charge in [0.05, 0.1) is 16.4 Å². The third-order valence-electron chi connectivity index (χ3n) is 12.7. The molecule has 3 heteroatoms. The van der Waals surface area contributed by atoms with Crippen molar-refractivity contribution in [3.63, 3.8) is 0 Å². The lowest BCUT2D eigenvalue weighted by Gasteiger charge is -2.52. The summed E-state index contributed by atoms with van der Waals surface area (Å²) in [6.45, 7) is 2.47. The van der Waals surface area contributed by atoms with Crippen LogP contribution >= 0.6 is 0 Å². The SMILES string of the molecule is CC1(c2ccccc2)CCC2=C(C1)C1(C3=C(CCC=C3)O2)C2=C(Oc3ccccc31)C(c1ccc3c(c1)c1ccccc1n3-c1ccccc1)=CCC2. The molecule has 0 bridgehead atoms. The van der Waals surface area contributed by atoms with E-state index in [2.05, 4.69) is 157 Å². The molecule has 2 unspecified atom stereocenters. The molecule has 258 valence electrons. The Morgan fingerprint density at radius 2 is 1.42 bits per heavy atom. The monoisotopic (exact) mass is 687 g/mol. The number of aromatic nitrogens is 1. The summed E-state index contributed by atoms with van der Waals surface area (Å²) in [7, 11) is 0. The van der Waals surface area contributed by atoms with Crippen LogP contribution in [0, 0.1) is 0 Å². The Labute approximate surface area is 310 Å². The van der Waals surface area contributed by atoms with Gasteiger partial charge in [0.25, 0.3) is 0 Å². The van der Waals surface area contributed by atoms with Crippen LogP contribution in [0.3, 0.4) is 0 Å². The molecule has 0 N–H and O–H groups in total. The maximum Gasteiger partial charge on any atom is 0.135 e. The van der Waals surface area contributed by atoms with Gasteiger partial charge in [-0.15, -0.1) is 0 Å². The van der Waals surface area contributed by atoms with Crippen LogP contribution in [0.4, 0.5) is 0 Å². The molecule has 5 aromatic carbocycles. The van der Waals surface area contributed by atoms with Gasteiger partial charge in [0.1, 0.15) is 23.0 Å². The minimum absolute atomic E-state index is 0.00773. The zero-order valence-electron chi connectivity index (χ0n) is 30.1. The minimum atomic E-state index is -0.451. The number of hydrogen-bond donors (Lipinski definition) is 0. The molecule has 0 fully saturated rings. The van der Waals surface area contributed by atoms with Gasteiger partial charge in [0.15, 0.2) is 0 Å². The Kier molecular flexibility index (Phi) is 6.74. The van der Waals surface area contributed by atoms with E-state index in [1.54, 1.807) is 0 Å². The van der Waals surface area contributed by atoms with E-state index in [4.69, 9.17) is 9.47 Å². The number of rotatable bonds is 3. The molecule has 0 saturated carbocycles. The van der Waals surface area contributed by atoms with E-state index in [1.165, 1.54) is 72.2 Å². The molecule has 0 radical (unpaired) electrons. The van der Waals surface area contributed by atoms with Crippen LogP contribution in [0.15, 0.2) is 180 Å². The average Bonchev–Trinajstić information content (AvgIpc) is 3.55. The highest BCUT2D eigenvalue weighted by Gasteiger charge is 2.56. The van der Waals surface area contributed by atoms with Gasteiger partial charge in [0, 0.05) is 46.0 Å². The standard InChI is InChI=1S/C50H41NO2/c1-49(34-15-4-2-5-16-34)30-29-47-42(32-49)50(39-21-9-12-25-45(39)52-47)40-22-10-13-26-46(40)53-48-36(20-14-23-41(48)50)33-27-28-44-38(31-33)37-19-8-11-24-43(37)51(44)35-17-6-3-7-18-35/h2-11,13,15-22,24,26-28,31H,12,14,23,25,29-30,32H2,1H3. The Bertz CT molecular complexity index is 2650. The van der Waals surface area contributed by atoms with Crippen molar-refractivity contribution in [1.29, 1.82) is 0 Å². The number of hydrogen-bond acceptors (Lipinski definition) is 2. The van der Waals surface area contributed by atoms with Gasteiger partial charge < -0.3 is 14.0 Å². The van der Waals surface area contributed by atoms with E-state index in [1.807, 2.05) is 0 Å². The molecular formula is C50H41NO2. The molecular weight excluding hydrogens is 647 g/mol. The van der Waals surface area contributed by atoms with Gasteiger partial charge in [-0.05, 0) is 96.2 Å². The first kappa shape index (κ1) is 30.8. The zero-order valence-corrected chi connectivity index (χ0v) is 30.1. The molecule has 3 nitrogen and oxygen atoms in total. The van der Waals surface area contributed by atoms with E-state index in [-0.39, 0.29) is 5.41 Å². The number of nitrogens with zero attached hydrogens (tertiary/aromatic N) is 1. The molecule has 3 aliphatic carbocycles. The first-order valence-electron chi connectivity index (χ1n) is 19.3. The van der Waals surface area contributed by atoms with Crippen LogP contribution in [-0.2, 0) is 15.6 Å². The maximum atomic E-state index is 7.20. The molecule has 2 atom stereocenters. The van der Waals surface area contributed by atoms with Gasteiger partial charge >= 0.3 is 0 Å². The van der Waals surface area contributed by atoms with Crippen molar-refractivity contribution in [2.24, 2.45) is 0 Å². The normalized spacial score (nSPS) is 23.3. The Morgan fingerprint density at radius 3 is 2.30 bits per heavy atom. The lowest BCUT2D eigenvalue weighted by molar-refractivity contribution is 0.204. The van der Waals surface area contributed by atoms with Crippen LogP contribution in [-0.4, -0.2) is 4.57 Å². The van der Waals surface area contributed by atoms with E-state index in [0.29, 0.717) is 0 Å². The number of para-hydroxylation sites is 3. The Morgan fingerprint density at radius 1 is 0.642 bits per heavy atom. The van der Waals surface area contributed by atoms with Crippen molar-refractivity contribution in [1.82, 2.24) is 4.57 Å². The van der Waals surface area contributed by atoms with Gasteiger partial charge in [-0.2, -0.15) is 0 Å². The Balaban J connectivity index is 1.14. The van der Waals surface area contributed by atoms with Crippen molar-refractivity contribution in [2.45, 2.75) is 62.7 Å². The minimum Gasteiger partial charge on any atom is -0.466 e. The fourth-order valence-corrected chi connectivity index (χ4v) is 10.3. The fourth-order valence-electron chi connectivity index (χ4n) is 10.3. The summed E-state index contributed by atoms with van der Waals surface area (Å²) in [5.74, 6) is 4.30. The smallest absolute Gasteiger partial charge is 0.135 e. The van der Waals surface area contributed by atoms with Crippen molar-refractivity contribution in [3.05, 3.63) is 196 Å². The van der Waals surface area contributed by atoms with Crippen molar-refractivity contribution in [2.75, 3.05) is 0 Å². The molecule has 6 aromatic rings. The molecule has 3 heterocycles.